The number of benzene rings is 2. The Bertz CT molecular complexity index is 961. The topological polar surface area (TPSA) is 44.1 Å². The molecular formula is C17H15BrF2N2O2S. The molecule has 1 aliphatic rings. The van der Waals surface area contributed by atoms with Gasteiger partial charge in [0.05, 0.1) is 27.6 Å². The van der Waals surface area contributed by atoms with Crippen LogP contribution in [0, 0.1) is 6.92 Å². The van der Waals surface area contributed by atoms with Gasteiger partial charge in [0, 0.05) is 5.56 Å². The van der Waals surface area contributed by atoms with E-state index in [-0.39, 0.29) is 22.7 Å². The van der Waals surface area contributed by atoms with E-state index in [0.29, 0.717) is 17.1 Å². The van der Waals surface area contributed by atoms with Crippen molar-refractivity contribution in [3.63, 3.8) is 0 Å². The lowest BCUT2D eigenvalue weighted by Crippen LogP contribution is -2.13. The number of alkyl halides is 2. The van der Waals surface area contributed by atoms with Gasteiger partial charge < -0.3 is 9.30 Å². The number of halogens is 3. The van der Waals surface area contributed by atoms with E-state index in [9.17, 15) is 13.0 Å². The molecule has 25 heavy (non-hydrogen) atoms. The Morgan fingerprint density at radius 1 is 1.28 bits per heavy atom. The molecule has 0 bridgehead atoms. The van der Waals surface area contributed by atoms with Crippen molar-refractivity contribution >= 4 is 38.8 Å². The van der Waals surface area contributed by atoms with Gasteiger partial charge in [-0.05, 0) is 30.7 Å². The van der Waals surface area contributed by atoms with E-state index in [4.69, 9.17) is 0 Å². The van der Waals surface area contributed by atoms with Crippen molar-refractivity contribution in [2.75, 3.05) is 0 Å². The van der Waals surface area contributed by atoms with Crippen LogP contribution in [0.3, 0.4) is 0 Å². The van der Waals surface area contributed by atoms with Crippen LogP contribution in [-0.2, 0) is 16.6 Å². The first-order valence-corrected chi connectivity index (χ1v) is 8.81. The normalized spacial score (nSPS) is 19.0. The van der Waals surface area contributed by atoms with Gasteiger partial charge in [0.15, 0.2) is 0 Å². The SMILES string of the molecule is Br.Cc1ccc2nc3n(c2c1)[C@H](c1ccccc1OC(F)F)S(=O)C3. The molecule has 4 rings (SSSR count). The number of ether oxygens (including phenoxy) is 1. The van der Waals surface area contributed by atoms with Gasteiger partial charge in [-0.1, -0.05) is 24.3 Å². The van der Waals surface area contributed by atoms with Gasteiger partial charge in [-0.25, -0.2) is 4.98 Å². The summed E-state index contributed by atoms with van der Waals surface area (Å²) in [6.45, 7) is -0.962. The molecule has 0 aliphatic carbocycles. The third-order valence-electron chi connectivity index (χ3n) is 4.07. The van der Waals surface area contributed by atoms with Crippen molar-refractivity contribution in [3.8, 4) is 5.75 Å². The van der Waals surface area contributed by atoms with Crippen LogP contribution in [0.1, 0.15) is 22.3 Å². The number of aromatic nitrogens is 2. The lowest BCUT2D eigenvalue weighted by Gasteiger charge is -2.18. The second-order valence-corrected chi connectivity index (χ2v) is 7.18. The van der Waals surface area contributed by atoms with Crippen LogP contribution in [0.25, 0.3) is 11.0 Å². The molecule has 1 unspecified atom stereocenters. The largest absolute Gasteiger partial charge is 0.434 e. The number of aryl methyl sites for hydroxylation is 1. The molecule has 2 heterocycles. The van der Waals surface area contributed by atoms with Gasteiger partial charge in [0.2, 0.25) is 0 Å². The number of hydrogen-bond acceptors (Lipinski definition) is 3. The number of nitrogens with zero attached hydrogens (tertiary/aromatic N) is 2. The maximum atomic E-state index is 12.7. The molecule has 8 heteroatoms. The molecule has 132 valence electrons. The van der Waals surface area contributed by atoms with Crippen molar-refractivity contribution in [1.82, 2.24) is 9.55 Å². The van der Waals surface area contributed by atoms with E-state index in [0.717, 1.165) is 16.6 Å². The number of para-hydroxylation sites is 1. The maximum Gasteiger partial charge on any atom is 0.387 e. The summed E-state index contributed by atoms with van der Waals surface area (Å²) in [5.74, 6) is 1.04. The molecule has 3 aromatic rings. The first-order valence-electron chi connectivity index (χ1n) is 7.43. The predicted octanol–water partition coefficient (Wildman–Crippen LogP) is 4.33. The van der Waals surface area contributed by atoms with Crippen molar-refractivity contribution in [3.05, 3.63) is 59.4 Å². The zero-order chi connectivity index (χ0) is 16.8. The average Bonchev–Trinajstić information content (AvgIpc) is 3.02. The molecule has 0 saturated carbocycles. The molecule has 2 aromatic carbocycles. The molecule has 0 spiro atoms. The van der Waals surface area contributed by atoms with E-state index in [1.807, 2.05) is 29.7 Å². The highest BCUT2D eigenvalue weighted by Gasteiger charge is 2.35. The Hall–Kier alpha value is -1.80. The third-order valence-corrected chi connectivity index (χ3v) is 5.58. The fraction of sp³-hybridized carbons (Fsp3) is 0.235. The molecule has 4 nitrogen and oxygen atoms in total. The lowest BCUT2D eigenvalue weighted by atomic mass is 10.2. The molecule has 2 atom stereocenters. The first kappa shape index (κ1) is 18.0. The highest BCUT2D eigenvalue weighted by Crippen LogP contribution is 2.40. The van der Waals surface area contributed by atoms with Crippen LogP contribution in [0.2, 0.25) is 0 Å². The second kappa shape index (κ2) is 6.84. The summed E-state index contributed by atoms with van der Waals surface area (Å²) in [7, 11) is -1.29. The molecule has 0 saturated heterocycles. The molecule has 0 amide bonds. The quantitative estimate of drug-likeness (QED) is 0.623. The van der Waals surface area contributed by atoms with Crippen molar-refractivity contribution in [2.45, 2.75) is 24.7 Å². The molecule has 1 aromatic heterocycles. The minimum Gasteiger partial charge on any atom is -0.434 e. The van der Waals surface area contributed by atoms with Gasteiger partial charge >= 0.3 is 6.61 Å². The van der Waals surface area contributed by atoms with Crippen LogP contribution < -0.4 is 4.74 Å². The van der Waals surface area contributed by atoms with Crippen LogP contribution in [0.5, 0.6) is 5.75 Å². The predicted molar refractivity (Wildman–Crippen MR) is 97.9 cm³/mol. The number of fused-ring (bicyclic) bond motifs is 3. The van der Waals surface area contributed by atoms with Crippen molar-refractivity contribution < 1.29 is 17.7 Å². The lowest BCUT2D eigenvalue weighted by molar-refractivity contribution is -0.0505. The van der Waals surface area contributed by atoms with Gasteiger partial charge in [-0.15, -0.1) is 17.0 Å². The molecule has 1 aliphatic heterocycles. The van der Waals surface area contributed by atoms with E-state index < -0.39 is 22.8 Å². The van der Waals surface area contributed by atoms with Crippen LogP contribution in [0.4, 0.5) is 8.78 Å². The number of rotatable bonds is 3. The van der Waals surface area contributed by atoms with Crippen molar-refractivity contribution in [2.24, 2.45) is 0 Å². The fourth-order valence-corrected chi connectivity index (χ4v) is 4.67. The zero-order valence-electron chi connectivity index (χ0n) is 13.2. The van der Waals surface area contributed by atoms with Gasteiger partial charge in [0.25, 0.3) is 0 Å². The standard InChI is InChI=1S/C17H14F2N2O2S.BrH/c1-10-6-7-12-13(8-10)21-15(20-12)9-24(22)16(21)11-4-2-3-5-14(11)23-17(18)19;/h2-8,16-17H,9H2,1H3;1H/t16-,24?;/m0./s1. The minimum atomic E-state index is -2.93. The summed E-state index contributed by atoms with van der Waals surface area (Å²) in [6, 6.07) is 12.3. The highest BCUT2D eigenvalue weighted by molar-refractivity contribution is 8.93. The third kappa shape index (κ3) is 3.08. The van der Waals surface area contributed by atoms with E-state index >= 15 is 0 Å². The average molecular weight is 429 g/mol. The smallest absolute Gasteiger partial charge is 0.387 e. The Morgan fingerprint density at radius 3 is 2.80 bits per heavy atom. The van der Waals surface area contributed by atoms with Crippen LogP contribution >= 0.6 is 17.0 Å². The second-order valence-electron chi connectivity index (χ2n) is 5.68. The summed E-state index contributed by atoms with van der Waals surface area (Å²) in [6.07, 6.45) is 0. The zero-order valence-corrected chi connectivity index (χ0v) is 15.7. The first-order chi connectivity index (χ1) is 11.5. The highest BCUT2D eigenvalue weighted by atomic mass is 79.9. The van der Waals surface area contributed by atoms with Gasteiger partial charge in [0.1, 0.15) is 16.9 Å². The number of imidazole rings is 1. The maximum absolute atomic E-state index is 12.7. The molecule has 0 radical (unpaired) electrons. The fourth-order valence-electron chi connectivity index (χ4n) is 3.11. The van der Waals surface area contributed by atoms with Crippen molar-refractivity contribution in [1.29, 1.82) is 0 Å². The van der Waals surface area contributed by atoms with E-state index in [1.165, 1.54) is 6.07 Å². The molecule has 0 N–H and O–H groups in total. The van der Waals surface area contributed by atoms with Crippen LogP contribution in [0.15, 0.2) is 42.5 Å². The Balaban J connectivity index is 0.00000182. The van der Waals surface area contributed by atoms with Gasteiger partial charge in [-0.3, -0.25) is 4.21 Å². The van der Waals surface area contributed by atoms with Gasteiger partial charge in [-0.2, -0.15) is 8.78 Å². The summed E-state index contributed by atoms with van der Waals surface area (Å²) in [5.41, 5.74) is 3.20. The van der Waals surface area contributed by atoms with E-state index in [1.54, 1.807) is 18.2 Å². The number of hydrogen-bond donors (Lipinski definition) is 0. The summed E-state index contributed by atoms with van der Waals surface area (Å²) in [5, 5.41) is -0.582. The van der Waals surface area contributed by atoms with Crippen LogP contribution in [-0.4, -0.2) is 20.4 Å². The Kier molecular flexibility index (Phi) is 4.92. The monoisotopic (exact) mass is 428 g/mol. The summed E-state index contributed by atoms with van der Waals surface area (Å²) < 4.78 is 44.6. The minimum absolute atomic E-state index is 0. The summed E-state index contributed by atoms with van der Waals surface area (Å²) >= 11 is 0. The Morgan fingerprint density at radius 2 is 2.04 bits per heavy atom. The summed E-state index contributed by atoms with van der Waals surface area (Å²) in [4.78, 5) is 4.53. The molecule has 0 fully saturated rings. The molecular weight excluding hydrogens is 414 g/mol. The van der Waals surface area contributed by atoms with E-state index in [2.05, 4.69) is 9.72 Å². The Labute approximate surface area is 156 Å².